The van der Waals surface area contributed by atoms with Crippen LogP contribution in [0.4, 0.5) is 0 Å². The van der Waals surface area contributed by atoms with Gasteiger partial charge in [0.1, 0.15) is 0 Å². The average Bonchev–Trinajstić information content (AvgIpc) is 2.76. The lowest BCUT2D eigenvalue weighted by Crippen LogP contribution is -2.38. The molecule has 1 unspecified atom stereocenters. The zero-order valence-corrected chi connectivity index (χ0v) is 12.5. The highest BCUT2D eigenvalue weighted by molar-refractivity contribution is 5.86. The van der Waals surface area contributed by atoms with E-state index in [4.69, 9.17) is 0 Å². The van der Waals surface area contributed by atoms with Crippen LogP contribution >= 0.6 is 0 Å². The summed E-state index contributed by atoms with van der Waals surface area (Å²) in [6.45, 7) is 2.14. The maximum absolute atomic E-state index is 12.2. The molecule has 3 heteroatoms. The molecule has 1 heterocycles. The molecular weight excluding hydrogens is 260 g/mol. The fourth-order valence-corrected chi connectivity index (χ4v) is 3.68. The Bertz CT molecular complexity index is 697. The van der Waals surface area contributed by atoms with Crippen LogP contribution in [0.5, 0.6) is 0 Å². The largest absolute Gasteiger partial charge is 0.356 e. The van der Waals surface area contributed by atoms with Gasteiger partial charge in [0.15, 0.2) is 0 Å². The molecule has 1 atom stereocenters. The lowest BCUT2D eigenvalue weighted by Gasteiger charge is -2.29. The highest BCUT2D eigenvalue weighted by Gasteiger charge is 2.30. The molecular formula is C18H22N2O. The van der Waals surface area contributed by atoms with Crippen LogP contribution in [0, 0.1) is 12.8 Å². The zero-order chi connectivity index (χ0) is 14.4. The smallest absolute Gasteiger partial charge is 0.223 e. The summed E-state index contributed by atoms with van der Waals surface area (Å²) < 4.78 is 0. The van der Waals surface area contributed by atoms with Gasteiger partial charge in [-0.2, -0.15) is 0 Å². The summed E-state index contributed by atoms with van der Waals surface area (Å²) in [6.07, 6.45) is 6.67. The SMILES string of the molecule is Cc1ccc2[nH]c3c(c2c1)CCCC3NC(=O)C1CCC1. The van der Waals surface area contributed by atoms with Crippen molar-refractivity contribution >= 4 is 16.8 Å². The molecule has 1 amide bonds. The molecule has 0 saturated heterocycles. The van der Waals surface area contributed by atoms with Crippen molar-refractivity contribution in [3.8, 4) is 0 Å². The Kier molecular flexibility index (Phi) is 3.02. The molecule has 1 saturated carbocycles. The zero-order valence-electron chi connectivity index (χ0n) is 12.5. The number of aromatic nitrogens is 1. The molecule has 21 heavy (non-hydrogen) atoms. The first-order valence-electron chi connectivity index (χ1n) is 8.14. The number of fused-ring (bicyclic) bond motifs is 3. The van der Waals surface area contributed by atoms with Crippen LogP contribution in [0.1, 0.15) is 55.0 Å². The Morgan fingerprint density at radius 1 is 1.24 bits per heavy atom. The molecule has 2 aliphatic carbocycles. The van der Waals surface area contributed by atoms with Crippen molar-refractivity contribution in [2.45, 2.75) is 51.5 Å². The molecule has 1 fully saturated rings. The third-order valence-electron chi connectivity index (χ3n) is 5.16. The van der Waals surface area contributed by atoms with Gasteiger partial charge in [0.25, 0.3) is 0 Å². The van der Waals surface area contributed by atoms with Crippen molar-refractivity contribution < 1.29 is 4.79 Å². The standard InChI is InChI=1S/C18H22N2O/c1-11-8-9-15-14(10-11)13-6-3-7-16(17(13)19-15)20-18(21)12-4-2-5-12/h8-10,12,16,19H,2-7H2,1H3,(H,20,21). The second kappa shape index (κ2) is 4.90. The molecule has 0 spiro atoms. The van der Waals surface area contributed by atoms with Gasteiger partial charge in [0, 0.05) is 22.5 Å². The number of H-pyrrole nitrogens is 1. The third kappa shape index (κ3) is 2.15. The number of carbonyl (C=O) groups is 1. The topological polar surface area (TPSA) is 44.9 Å². The van der Waals surface area contributed by atoms with E-state index in [2.05, 4.69) is 35.4 Å². The van der Waals surface area contributed by atoms with Crippen molar-refractivity contribution in [2.24, 2.45) is 5.92 Å². The van der Waals surface area contributed by atoms with Gasteiger partial charge in [-0.05, 0) is 56.7 Å². The number of amides is 1. The number of aryl methyl sites for hydroxylation is 2. The summed E-state index contributed by atoms with van der Waals surface area (Å²) in [5.74, 6) is 0.524. The monoisotopic (exact) mass is 282 g/mol. The van der Waals surface area contributed by atoms with Crippen molar-refractivity contribution in [1.29, 1.82) is 0 Å². The molecule has 0 radical (unpaired) electrons. The number of rotatable bonds is 2. The summed E-state index contributed by atoms with van der Waals surface area (Å²) in [4.78, 5) is 15.8. The minimum absolute atomic E-state index is 0.176. The van der Waals surface area contributed by atoms with E-state index in [1.165, 1.54) is 34.1 Å². The Morgan fingerprint density at radius 3 is 2.86 bits per heavy atom. The van der Waals surface area contributed by atoms with Crippen LogP contribution in [-0.4, -0.2) is 10.9 Å². The molecule has 0 aliphatic heterocycles. The fourth-order valence-electron chi connectivity index (χ4n) is 3.68. The number of aromatic amines is 1. The average molecular weight is 282 g/mol. The quantitative estimate of drug-likeness (QED) is 0.865. The summed E-state index contributed by atoms with van der Waals surface area (Å²) >= 11 is 0. The van der Waals surface area contributed by atoms with Gasteiger partial charge in [-0.15, -0.1) is 0 Å². The summed E-state index contributed by atoms with van der Waals surface area (Å²) in [5.41, 5.74) is 5.16. The Labute approximate surface area is 125 Å². The maximum atomic E-state index is 12.2. The summed E-state index contributed by atoms with van der Waals surface area (Å²) in [5, 5.41) is 4.62. The lowest BCUT2D eigenvalue weighted by atomic mass is 9.84. The van der Waals surface area contributed by atoms with Gasteiger partial charge in [-0.25, -0.2) is 0 Å². The highest BCUT2D eigenvalue weighted by atomic mass is 16.2. The number of benzene rings is 1. The van der Waals surface area contributed by atoms with Crippen molar-refractivity contribution in [3.05, 3.63) is 35.0 Å². The normalized spacial score (nSPS) is 21.9. The molecule has 2 aromatic rings. The number of hydrogen-bond donors (Lipinski definition) is 2. The number of hydrogen-bond acceptors (Lipinski definition) is 1. The molecule has 1 aromatic carbocycles. The van der Waals surface area contributed by atoms with E-state index in [0.29, 0.717) is 0 Å². The molecule has 4 rings (SSSR count). The predicted octanol–water partition coefficient (Wildman–Crippen LogP) is 3.77. The van der Waals surface area contributed by atoms with Gasteiger partial charge in [-0.1, -0.05) is 18.1 Å². The maximum Gasteiger partial charge on any atom is 0.223 e. The van der Waals surface area contributed by atoms with Gasteiger partial charge < -0.3 is 10.3 Å². The predicted molar refractivity (Wildman–Crippen MR) is 84.2 cm³/mol. The van der Waals surface area contributed by atoms with Gasteiger partial charge >= 0.3 is 0 Å². The second-order valence-corrected chi connectivity index (χ2v) is 6.65. The van der Waals surface area contributed by atoms with E-state index in [-0.39, 0.29) is 17.9 Å². The van der Waals surface area contributed by atoms with E-state index in [9.17, 15) is 4.79 Å². The lowest BCUT2D eigenvalue weighted by molar-refractivity contribution is -0.128. The molecule has 1 aromatic heterocycles. The number of carbonyl (C=O) groups excluding carboxylic acids is 1. The van der Waals surface area contributed by atoms with Crippen LogP contribution in [0.3, 0.4) is 0 Å². The van der Waals surface area contributed by atoms with Gasteiger partial charge in [-0.3, -0.25) is 4.79 Å². The Hall–Kier alpha value is -1.77. The minimum atomic E-state index is 0.176. The van der Waals surface area contributed by atoms with E-state index in [1.54, 1.807) is 0 Å². The van der Waals surface area contributed by atoms with Crippen molar-refractivity contribution in [3.63, 3.8) is 0 Å². The van der Waals surface area contributed by atoms with E-state index in [0.717, 1.165) is 32.1 Å². The van der Waals surface area contributed by atoms with E-state index in [1.807, 2.05) is 0 Å². The fraction of sp³-hybridized carbons (Fsp3) is 0.500. The van der Waals surface area contributed by atoms with Crippen molar-refractivity contribution in [1.82, 2.24) is 10.3 Å². The molecule has 0 bridgehead atoms. The Balaban J connectivity index is 1.67. The number of nitrogens with one attached hydrogen (secondary N) is 2. The summed E-state index contributed by atoms with van der Waals surface area (Å²) in [7, 11) is 0. The first-order chi connectivity index (χ1) is 10.2. The Morgan fingerprint density at radius 2 is 2.10 bits per heavy atom. The van der Waals surface area contributed by atoms with Crippen LogP contribution in [0.25, 0.3) is 10.9 Å². The molecule has 3 nitrogen and oxygen atoms in total. The first kappa shape index (κ1) is 12.9. The van der Waals surface area contributed by atoms with Crippen LogP contribution in [-0.2, 0) is 11.2 Å². The van der Waals surface area contributed by atoms with Crippen molar-refractivity contribution in [2.75, 3.05) is 0 Å². The molecule has 2 N–H and O–H groups in total. The van der Waals surface area contributed by atoms with Crippen LogP contribution in [0.2, 0.25) is 0 Å². The minimum Gasteiger partial charge on any atom is -0.356 e. The highest BCUT2D eigenvalue weighted by Crippen LogP contribution is 2.36. The van der Waals surface area contributed by atoms with Crippen LogP contribution < -0.4 is 5.32 Å². The second-order valence-electron chi connectivity index (χ2n) is 6.65. The van der Waals surface area contributed by atoms with E-state index < -0.39 is 0 Å². The van der Waals surface area contributed by atoms with Gasteiger partial charge in [0.05, 0.1) is 6.04 Å². The van der Waals surface area contributed by atoms with Crippen LogP contribution in [0.15, 0.2) is 18.2 Å². The van der Waals surface area contributed by atoms with Gasteiger partial charge in [0.2, 0.25) is 5.91 Å². The van der Waals surface area contributed by atoms with E-state index >= 15 is 0 Å². The molecule has 110 valence electrons. The molecule has 2 aliphatic rings. The third-order valence-corrected chi connectivity index (χ3v) is 5.16. The summed E-state index contributed by atoms with van der Waals surface area (Å²) in [6, 6.07) is 6.75. The first-order valence-corrected chi connectivity index (χ1v) is 8.14.